The number of carboxylic acid groups (broad SMARTS) is 1. The quantitative estimate of drug-likeness (QED) is 0.197. The van der Waals surface area contributed by atoms with E-state index < -0.39 is 5.97 Å². The van der Waals surface area contributed by atoms with Gasteiger partial charge in [-0.25, -0.2) is 4.79 Å². The number of halogens is 1. The molecule has 0 saturated heterocycles. The molecule has 1 N–H and O–H groups in total. The van der Waals surface area contributed by atoms with Crippen LogP contribution in [-0.2, 0) is 46.4 Å². The normalized spacial score (nSPS) is 16.1. The number of carboxylic acids is 1. The molecule has 0 radical (unpaired) electrons. The lowest BCUT2D eigenvalue weighted by Crippen LogP contribution is -2.26. The first kappa shape index (κ1) is 32.0. The second kappa shape index (κ2) is 12.6. The number of thioether (sulfide) groups is 1. The Morgan fingerprint density at radius 1 is 0.980 bits per heavy atom. The molecule has 0 spiro atoms. The monoisotopic (exact) mass is 694 g/mol. The lowest BCUT2D eigenvalue weighted by molar-refractivity contribution is 0.0685. The Morgan fingerprint density at radius 2 is 1.80 bits per heavy atom. The van der Waals surface area contributed by atoms with Crippen LogP contribution >= 0.6 is 23.4 Å². The number of fused-ring (bicyclic) bond motifs is 8. The molecule has 0 unspecified atom stereocenters. The van der Waals surface area contributed by atoms with Crippen molar-refractivity contribution in [3.8, 4) is 16.9 Å². The molecule has 3 aromatic heterocycles. The number of aromatic nitrogens is 5. The number of aromatic carboxylic acids is 1. The van der Waals surface area contributed by atoms with Crippen LogP contribution in [0, 0.1) is 6.92 Å². The van der Waals surface area contributed by atoms with Gasteiger partial charge in [-0.2, -0.15) is 10.2 Å². The summed E-state index contributed by atoms with van der Waals surface area (Å²) < 4.78 is 12.2. The lowest BCUT2D eigenvalue weighted by Gasteiger charge is -2.21. The summed E-state index contributed by atoms with van der Waals surface area (Å²) in [6, 6.07) is 19.2. The van der Waals surface area contributed by atoms with E-state index in [0.29, 0.717) is 43.6 Å². The van der Waals surface area contributed by atoms with Gasteiger partial charge in [-0.3, -0.25) is 14.3 Å². The minimum absolute atomic E-state index is 0.276. The summed E-state index contributed by atoms with van der Waals surface area (Å²) in [5.74, 6) is 0.659. The van der Waals surface area contributed by atoms with Crippen molar-refractivity contribution in [2.45, 2.75) is 62.4 Å². The molecule has 1 fully saturated rings. The Balaban J connectivity index is 1.29. The Labute approximate surface area is 294 Å². The van der Waals surface area contributed by atoms with Crippen LogP contribution in [0.1, 0.15) is 58.1 Å². The van der Waals surface area contributed by atoms with Crippen molar-refractivity contribution in [3.05, 3.63) is 93.7 Å². The second-order valence-corrected chi connectivity index (χ2v) is 14.8. The number of hydrogen-bond acceptors (Lipinski definition) is 6. The van der Waals surface area contributed by atoms with Crippen LogP contribution in [0.3, 0.4) is 0 Å². The van der Waals surface area contributed by atoms with Crippen LogP contribution in [0.2, 0.25) is 5.02 Å². The predicted molar refractivity (Wildman–Crippen MR) is 195 cm³/mol. The van der Waals surface area contributed by atoms with Crippen molar-refractivity contribution in [3.63, 3.8) is 0 Å². The van der Waals surface area contributed by atoms with Crippen LogP contribution in [0.4, 0.5) is 0 Å². The van der Waals surface area contributed by atoms with Gasteiger partial charge in [0.15, 0.2) is 0 Å². The van der Waals surface area contributed by atoms with E-state index in [1.807, 2.05) is 48.7 Å². The molecule has 2 aliphatic rings. The summed E-state index contributed by atoms with van der Waals surface area (Å²) in [4.78, 5) is 16.5. The first-order chi connectivity index (χ1) is 23.7. The second-order valence-electron chi connectivity index (χ2n) is 13.3. The standard InChI is InChI=1S/C38H39ClN6O3S/c1-22-34-32(41-43(22)3)20-45(25-11-12-25)19-24-17-26(44(4)40-24)21-49-27-16-23-8-5-6-9-28(23)33(18-27)48-15-7-10-29-30-13-14-31(39)35(34)36(30)42(2)37(29)38(46)47/h5-6,8-9,13-14,16-18,25H,7,10-12,15,19-21H2,1-4H3,(H,46,47). The van der Waals surface area contributed by atoms with E-state index in [2.05, 4.69) is 48.2 Å². The van der Waals surface area contributed by atoms with Gasteiger partial charge in [-0.05, 0) is 67.8 Å². The molecule has 11 heteroatoms. The van der Waals surface area contributed by atoms with Crippen LogP contribution < -0.4 is 4.74 Å². The highest BCUT2D eigenvalue weighted by molar-refractivity contribution is 7.98. The number of carbonyl (C=O) groups is 1. The van der Waals surface area contributed by atoms with Gasteiger partial charge in [0.25, 0.3) is 0 Å². The first-order valence-corrected chi connectivity index (χ1v) is 18.1. The molecule has 0 amide bonds. The minimum atomic E-state index is -0.959. The number of benzene rings is 3. The minimum Gasteiger partial charge on any atom is -0.493 e. The maximum absolute atomic E-state index is 12.8. The molecule has 4 heterocycles. The van der Waals surface area contributed by atoms with Gasteiger partial charge in [-0.1, -0.05) is 41.9 Å². The molecule has 252 valence electrons. The third-order valence-electron chi connectivity index (χ3n) is 10.1. The summed E-state index contributed by atoms with van der Waals surface area (Å²) >= 11 is 8.86. The van der Waals surface area contributed by atoms with Gasteiger partial charge in [-0.15, -0.1) is 11.8 Å². The zero-order chi connectivity index (χ0) is 34.0. The van der Waals surface area contributed by atoms with Gasteiger partial charge < -0.3 is 14.4 Å². The number of hydrogen-bond donors (Lipinski definition) is 1. The molecule has 3 aromatic carbocycles. The fourth-order valence-electron chi connectivity index (χ4n) is 7.45. The van der Waals surface area contributed by atoms with Crippen LogP contribution in [0.15, 0.2) is 59.5 Å². The van der Waals surface area contributed by atoms with Gasteiger partial charge in [0.2, 0.25) is 0 Å². The largest absolute Gasteiger partial charge is 0.493 e. The fraction of sp³-hybridized carbons (Fsp3) is 0.342. The molecule has 49 heavy (non-hydrogen) atoms. The van der Waals surface area contributed by atoms with E-state index in [-0.39, 0.29) is 5.69 Å². The highest BCUT2D eigenvalue weighted by atomic mass is 35.5. The summed E-state index contributed by atoms with van der Waals surface area (Å²) in [5, 5.41) is 24.2. The number of rotatable bonds is 2. The van der Waals surface area contributed by atoms with Crippen molar-refractivity contribution in [2.75, 3.05) is 6.61 Å². The van der Waals surface area contributed by atoms with Crippen molar-refractivity contribution >= 4 is 51.0 Å². The Morgan fingerprint density at radius 3 is 2.59 bits per heavy atom. The van der Waals surface area contributed by atoms with Gasteiger partial charge >= 0.3 is 5.97 Å². The highest BCUT2D eigenvalue weighted by Gasteiger charge is 2.33. The van der Waals surface area contributed by atoms with Crippen molar-refractivity contribution < 1.29 is 14.6 Å². The van der Waals surface area contributed by atoms with E-state index >= 15 is 0 Å². The van der Waals surface area contributed by atoms with E-state index in [0.717, 1.165) is 84.7 Å². The molecule has 6 aromatic rings. The number of nitrogens with zero attached hydrogens (tertiary/aromatic N) is 6. The summed E-state index contributed by atoms with van der Waals surface area (Å²) in [6.45, 7) is 3.85. The Bertz CT molecular complexity index is 2270. The van der Waals surface area contributed by atoms with Gasteiger partial charge in [0, 0.05) is 84.2 Å². The van der Waals surface area contributed by atoms with E-state index in [9.17, 15) is 9.90 Å². The average Bonchev–Trinajstić information content (AvgIpc) is 3.74. The van der Waals surface area contributed by atoms with Crippen LogP contribution in [0.5, 0.6) is 5.75 Å². The van der Waals surface area contributed by atoms with Crippen molar-refractivity contribution in [1.82, 2.24) is 29.0 Å². The average molecular weight is 695 g/mol. The first-order valence-electron chi connectivity index (χ1n) is 16.8. The molecule has 9 nitrogen and oxygen atoms in total. The van der Waals surface area contributed by atoms with Crippen LogP contribution in [-0.4, -0.2) is 52.8 Å². The van der Waals surface area contributed by atoms with E-state index in [4.69, 9.17) is 26.5 Å². The molecular formula is C38H39ClN6O3S. The molecule has 1 aliphatic carbocycles. The van der Waals surface area contributed by atoms with E-state index in [1.54, 1.807) is 16.3 Å². The predicted octanol–water partition coefficient (Wildman–Crippen LogP) is 7.91. The summed E-state index contributed by atoms with van der Waals surface area (Å²) in [6.07, 6.45) is 3.48. The van der Waals surface area contributed by atoms with Gasteiger partial charge in [0.1, 0.15) is 11.4 Å². The molecule has 1 saturated carbocycles. The number of ether oxygens (including phenoxy) is 1. The highest BCUT2D eigenvalue weighted by Crippen LogP contribution is 2.43. The third-order valence-corrected chi connectivity index (χ3v) is 11.4. The number of aryl methyl sites for hydroxylation is 4. The zero-order valence-corrected chi connectivity index (χ0v) is 29.7. The summed E-state index contributed by atoms with van der Waals surface area (Å²) in [5.41, 5.74) is 7.78. The Kier molecular flexibility index (Phi) is 8.21. The molecule has 8 bridgehead atoms. The Hall–Kier alpha value is -4.25. The summed E-state index contributed by atoms with van der Waals surface area (Å²) in [7, 11) is 5.82. The molecule has 8 rings (SSSR count). The smallest absolute Gasteiger partial charge is 0.352 e. The third kappa shape index (κ3) is 5.79. The SMILES string of the molecule is Cc1c2c(nn1C)CN(C1CC1)Cc1cc(n(C)n1)CSc1cc(c3ccccc3c1)OCCCc1c(C(=O)O)n(C)c3c-2c(Cl)ccc13. The molecule has 0 atom stereocenters. The van der Waals surface area contributed by atoms with Crippen molar-refractivity contribution in [2.24, 2.45) is 21.1 Å². The molecule has 1 aliphatic heterocycles. The van der Waals surface area contributed by atoms with Crippen molar-refractivity contribution in [1.29, 1.82) is 0 Å². The van der Waals surface area contributed by atoms with Crippen LogP contribution in [0.25, 0.3) is 32.8 Å². The zero-order valence-electron chi connectivity index (χ0n) is 28.2. The fourth-order valence-corrected chi connectivity index (χ4v) is 8.69. The van der Waals surface area contributed by atoms with Gasteiger partial charge in [0.05, 0.1) is 28.5 Å². The van der Waals surface area contributed by atoms with E-state index in [1.165, 1.54) is 5.69 Å². The molecular weight excluding hydrogens is 656 g/mol. The topological polar surface area (TPSA) is 90.3 Å². The lowest BCUT2D eigenvalue weighted by atomic mass is 9.97. The maximum atomic E-state index is 12.8. The maximum Gasteiger partial charge on any atom is 0.352 e.